The van der Waals surface area contributed by atoms with Crippen molar-refractivity contribution in [1.29, 1.82) is 0 Å². The van der Waals surface area contributed by atoms with Gasteiger partial charge in [-0.2, -0.15) is 0 Å². The molecule has 3 amide bonds. The lowest BCUT2D eigenvalue weighted by atomic mass is 10.2. The lowest BCUT2D eigenvalue weighted by Crippen LogP contribution is -2.41. The molecule has 1 aromatic heterocycles. The van der Waals surface area contributed by atoms with E-state index in [0.29, 0.717) is 24.4 Å². The van der Waals surface area contributed by atoms with Gasteiger partial charge in [-0.1, -0.05) is 17.8 Å². The number of likely N-dealkylation sites (tertiary alicyclic amines) is 1. The third kappa shape index (κ3) is 2.28. The monoisotopic (exact) mass is 296 g/mol. The van der Waals surface area contributed by atoms with Crippen molar-refractivity contribution in [3.05, 3.63) is 22.4 Å². The van der Waals surface area contributed by atoms with Crippen LogP contribution in [0, 0.1) is 0 Å². The largest absolute Gasteiger partial charge is 0.336 e. The highest BCUT2D eigenvalue weighted by Gasteiger charge is 2.40. The molecule has 100 valence electrons. The fraction of sp³-hybridized carbons (Fsp3) is 0.417. The molecule has 2 saturated heterocycles. The van der Waals surface area contributed by atoms with Gasteiger partial charge in [0.1, 0.15) is 0 Å². The first-order chi connectivity index (χ1) is 9.16. The third-order valence-corrected chi connectivity index (χ3v) is 5.02. The van der Waals surface area contributed by atoms with Crippen molar-refractivity contribution in [3.63, 3.8) is 0 Å². The molecule has 0 bridgehead atoms. The minimum atomic E-state index is -0.180. The van der Waals surface area contributed by atoms with Gasteiger partial charge in [-0.05, 0) is 17.9 Å². The van der Waals surface area contributed by atoms with E-state index in [9.17, 15) is 14.4 Å². The Morgan fingerprint density at radius 2 is 2.21 bits per heavy atom. The van der Waals surface area contributed by atoms with Crippen molar-refractivity contribution in [1.82, 2.24) is 9.80 Å². The van der Waals surface area contributed by atoms with E-state index in [0.717, 1.165) is 11.8 Å². The maximum absolute atomic E-state index is 12.2. The van der Waals surface area contributed by atoms with Crippen molar-refractivity contribution >= 4 is 40.2 Å². The van der Waals surface area contributed by atoms with E-state index in [4.69, 9.17) is 0 Å². The molecule has 0 saturated carbocycles. The van der Waals surface area contributed by atoms with E-state index in [2.05, 4.69) is 0 Å². The van der Waals surface area contributed by atoms with Crippen molar-refractivity contribution in [2.24, 2.45) is 0 Å². The zero-order chi connectivity index (χ0) is 13.4. The summed E-state index contributed by atoms with van der Waals surface area (Å²) in [6.07, 6.45) is 0.676. The number of carbonyl (C=O) groups excluding carboxylic acids is 3. The van der Waals surface area contributed by atoms with E-state index < -0.39 is 0 Å². The van der Waals surface area contributed by atoms with E-state index in [1.807, 2.05) is 11.4 Å². The summed E-state index contributed by atoms with van der Waals surface area (Å²) in [4.78, 5) is 39.2. The second-order valence-electron chi connectivity index (χ2n) is 4.49. The lowest BCUT2D eigenvalue weighted by Gasteiger charge is -2.21. The minimum Gasteiger partial charge on any atom is -0.336 e. The molecule has 2 fully saturated rings. The summed E-state index contributed by atoms with van der Waals surface area (Å²) in [6, 6.07) is 3.48. The zero-order valence-electron chi connectivity index (χ0n) is 10.1. The summed E-state index contributed by atoms with van der Waals surface area (Å²) in [5, 5.41) is 1.69. The highest BCUT2D eigenvalue weighted by Crippen LogP contribution is 2.27. The number of thiophene rings is 1. The SMILES string of the molecule is O=C(c1cccs1)N1CCC(N2C(=O)CSC2=O)C1. The number of nitrogens with zero attached hydrogens (tertiary/aromatic N) is 2. The number of rotatable bonds is 2. The molecule has 0 aromatic carbocycles. The standard InChI is InChI=1S/C12H12N2O3S2/c15-10-7-19-12(17)14(10)8-3-4-13(6-8)11(16)9-2-1-5-18-9/h1-2,5,8H,3-4,6-7H2. The van der Waals surface area contributed by atoms with Gasteiger partial charge in [-0.3, -0.25) is 19.3 Å². The van der Waals surface area contributed by atoms with Gasteiger partial charge in [0.05, 0.1) is 16.7 Å². The van der Waals surface area contributed by atoms with Crippen LogP contribution in [0.15, 0.2) is 17.5 Å². The normalized spacial score (nSPS) is 23.5. The summed E-state index contributed by atoms with van der Waals surface area (Å²) in [7, 11) is 0. The van der Waals surface area contributed by atoms with Gasteiger partial charge in [0.15, 0.2) is 0 Å². The van der Waals surface area contributed by atoms with Crippen molar-refractivity contribution in [2.45, 2.75) is 12.5 Å². The lowest BCUT2D eigenvalue weighted by molar-refractivity contribution is -0.126. The van der Waals surface area contributed by atoms with Crippen LogP contribution in [0.4, 0.5) is 4.79 Å². The smallest absolute Gasteiger partial charge is 0.289 e. The minimum absolute atomic E-state index is 0.00996. The Hall–Kier alpha value is -1.34. The molecule has 1 aromatic rings. The summed E-state index contributed by atoms with van der Waals surface area (Å²) in [5.74, 6) is 0.0865. The Morgan fingerprint density at radius 3 is 2.84 bits per heavy atom. The number of carbonyl (C=O) groups is 3. The second-order valence-corrected chi connectivity index (χ2v) is 6.36. The highest BCUT2D eigenvalue weighted by molar-refractivity contribution is 8.14. The molecule has 5 nitrogen and oxygen atoms in total. The number of amides is 3. The molecule has 2 aliphatic rings. The van der Waals surface area contributed by atoms with E-state index in [1.54, 1.807) is 11.0 Å². The number of hydrogen-bond donors (Lipinski definition) is 0. The third-order valence-electron chi connectivity index (χ3n) is 3.33. The molecule has 7 heteroatoms. The predicted molar refractivity (Wildman–Crippen MR) is 73.3 cm³/mol. The number of hydrogen-bond acceptors (Lipinski definition) is 5. The van der Waals surface area contributed by atoms with Crippen LogP contribution in [0.25, 0.3) is 0 Å². The first kappa shape index (κ1) is 12.7. The quantitative estimate of drug-likeness (QED) is 0.833. The topological polar surface area (TPSA) is 57.7 Å². The van der Waals surface area contributed by atoms with Gasteiger partial charge in [0, 0.05) is 13.1 Å². The van der Waals surface area contributed by atoms with Gasteiger partial charge in [-0.25, -0.2) is 0 Å². The average molecular weight is 296 g/mol. The fourth-order valence-electron chi connectivity index (χ4n) is 2.41. The molecule has 1 unspecified atom stereocenters. The average Bonchev–Trinajstić information content (AvgIpc) is 3.10. The van der Waals surface area contributed by atoms with Crippen LogP contribution in [0.3, 0.4) is 0 Å². The molecule has 1 atom stereocenters. The Morgan fingerprint density at radius 1 is 1.37 bits per heavy atom. The van der Waals surface area contributed by atoms with Crippen LogP contribution in [0.1, 0.15) is 16.1 Å². The van der Waals surface area contributed by atoms with Gasteiger partial charge >= 0.3 is 0 Å². The van der Waals surface area contributed by atoms with Crippen molar-refractivity contribution in [3.8, 4) is 0 Å². The number of thioether (sulfide) groups is 1. The molecule has 3 heterocycles. The van der Waals surface area contributed by atoms with Crippen LogP contribution in [-0.4, -0.2) is 51.7 Å². The maximum Gasteiger partial charge on any atom is 0.289 e. The van der Waals surface area contributed by atoms with Crippen molar-refractivity contribution < 1.29 is 14.4 Å². The van der Waals surface area contributed by atoms with Crippen LogP contribution in [0.5, 0.6) is 0 Å². The summed E-state index contributed by atoms with van der Waals surface area (Å²) in [6.45, 7) is 1.05. The number of imide groups is 1. The van der Waals surface area contributed by atoms with Gasteiger partial charge in [-0.15, -0.1) is 11.3 Å². The van der Waals surface area contributed by atoms with Crippen LogP contribution in [0.2, 0.25) is 0 Å². The van der Waals surface area contributed by atoms with E-state index >= 15 is 0 Å². The first-order valence-corrected chi connectivity index (χ1v) is 7.85. The van der Waals surface area contributed by atoms with Crippen LogP contribution < -0.4 is 0 Å². The van der Waals surface area contributed by atoms with Gasteiger partial charge in [0.25, 0.3) is 11.1 Å². The first-order valence-electron chi connectivity index (χ1n) is 5.98. The Labute approximate surface area is 118 Å². The maximum atomic E-state index is 12.2. The Balaban J connectivity index is 1.69. The van der Waals surface area contributed by atoms with E-state index in [-0.39, 0.29) is 28.8 Å². The van der Waals surface area contributed by atoms with Crippen molar-refractivity contribution in [2.75, 3.05) is 18.8 Å². The molecule has 0 aliphatic carbocycles. The summed E-state index contributed by atoms with van der Waals surface area (Å²) in [5.41, 5.74) is 0. The molecule has 0 N–H and O–H groups in total. The molecule has 19 heavy (non-hydrogen) atoms. The Kier molecular flexibility index (Phi) is 3.32. The zero-order valence-corrected chi connectivity index (χ0v) is 11.7. The van der Waals surface area contributed by atoms with Gasteiger partial charge < -0.3 is 4.90 Å². The van der Waals surface area contributed by atoms with E-state index in [1.165, 1.54) is 16.2 Å². The predicted octanol–water partition coefficient (Wildman–Crippen LogP) is 1.66. The molecule has 0 radical (unpaired) electrons. The molecule has 3 rings (SSSR count). The fourth-order valence-corrected chi connectivity index (χ4v) is 3.88. The second kappa shape index (κ2) is 4.97. The Bertz CT molecular complexity index is 513. The summed E-state index contributed by atoms with van der Waals surface area (Å²) < 4.78 is 0. The molecule has 2 aliphatic heterocycles. The highest BCUT2D eigenvalue weighted by atomic mass is 32.2. The molecular formula is C12H12N2O3S2. The van der Waals surface area contributed by atoms with Gasteiger partial charge in [0.2, 0.25) is 5.91 Å². The molecule has 0 spiro atoms. The molecular weight excluding hydrogens is 284 g/mol. The summed E-state index contributed by atoms with van der Waals surface area (Å²) >= 11 is 2.45. The van der Waals surface area contributed by atoms with Crippen LogP contribution in [-0.2, 0) is 4.79 Å². The van der Waals surface area contributed by atoms with Crippen LogP contribution >= 0.6 is 23.1 Å².